The van der Waals surface area contributed by atoms with E-state index < -0.39 is 0 Å². The second-order valence-electron chi connectivity index (χ2n) is 5.39. The highest BCUT2D eigenvalue weighted by Crippen LogP contribution is 2.16. The molecule has 0 aliphatic carbocycles. The van der Waals surface area contributed by atoms with Crippen LogP contribution in [0.25, 0.3) is 0 Å². The van der Waals surface area contributed by atoms with Crippen molar-refractivity contribution in [2.75, 3.05) is 20.2 Å². The van der Waals surface area contributed by atoms with Crippen molar-refractivity contribution in [3.8, 4) is 5.75 Å². The molecule has 25 heavy (non-hydrogen) atoms. The predicted molar refractivity (Wildman–Crippen MR) is 103 cm³/mol. The first-order chi connectivity index (χ1) is 12.2. The summed E-state index contributed by atoms with van der Waals surface area (Å²) in [6.45, 7) is 5.99. The van der Waals surface area contributed by atoms with Crippen molar-refractivity contribution in [1.82, 2.24) is 15.8 Å². The second-order valence-corrected chi connectivity index (χ2v) is 6.31. The monoisotopic (exact) mass is 408 g/mol. The zero-order valence-corrected chi connectivity index (χ0v) is 16.5. The normalized spacial score (nSPS) is 11.4. The fourth-order valence-electron chi connectivity index (χ4n) is 2.40. The van der Waals surface area contributed by atoms with Gasteiger partial charge in [0.05, 0.1) is 12.2 Å². The van der Waals surface area contributed by atoms with Crippen LogP contribution >= 0.6 is 15.9 Å². The highest BCUT2D eigenvalue weighted by molar-refractivity contribution is 9.10. The van der Waals surface area contributed by atoms with Crippen molar-refractivity contribution >= 4 is 21.9 Å². The van der Waals surface area contributed by atoms with Crippen molar-refractivity contribution < 1.29 is 9.26 Å². The van der Waals surface area contributed by atoms with Gasteiger partial charge in [0, 0.05) is 30.0 Å². The van der Waals surface area contributed by atoms with Gasteiger partial charge in [-0.05, 0) is 30.7 Å². The molecule has 0 atom stereocenters. The van der Waals surface area contributed by atoms with Crippen molar-refractivity contribution in [3.63, 3.8) is 0 Å². The molecule has 2 rings (SSSR count). The first-order valence-corrected chi connectivity index (χ1v) is 9.26. The quantitative estimate of drug-likeness (QED) is 0.398. The molecule has 0 aliphatic rings. The molecule has 0 radical (unpaired) electrons. The molecule has 0 unspecified atom stereocenters. The first-order valence-electron chi connectivity index (χ1n) is 8.47. The number of nitrogens with zero attached hydrogens (tertiary/aromatic N) is 2. The molecule has 1 heterocycles. The van der Waals surface area contributed by atoms with Gasteiger partial charge >= 0.3 is 0 Å². The summed E-state index contributed by atoms with van der Waals surface area (Å²) in [5, 5.41) is 10.7. The summed E-state index contributed by atoms with van der Waals surface area (Å²) >= 11 is 3.41. The number of benzene rings is 1. The zero-order valence-electron chi connectivity index (χ0n) is 14.9. The van der Waals surface area contributed by atoms with Gasteiger partial charge < -0.3 is 19.9 Å². The van der Waals surface area contributed by atoms with Crippen molar-refractivity contribution in [3.05, 3.63) is 45.8 Å². The summed E-state index contributed by atoms with van der Waals surface area (Å²) in [4.78, 5) is 4.24. The lowest BCUT2D eigenvalue weighted by atomic mass is 10.1. The largest absolute Gasteiger partial charge is 0.492 e. The number of aromatic nitrogens is 1. The van der Waals surface area contributed by atoms with Crippen LogP contribution in [-0.4, -0.2) is 31.3 Å². The SMILES string of the molecule is CCc1noc(CC)c1CNC(=NC)NCCOc1ccc(Br)cc1. The first kappa shape index (κ1) is 19.3. The molecule has 0 bridgehead atoms. The number of hydrogen-bond donors (Lipinski definition) is 2. The Morgan fingerprint density at radius 2 is 1.96 bits per heavy atom. The summed E-state index contributed by atoms with van der Waals surface area (Å²) in [6, 6.07) is 7.78. The van der Waals surface area contributed by atoms with Gasteiger partial charge in [0.2, 0.25) is 0 Å². The summed E-state index contributed by atoms with van der Waals surface area (Å²) in [5.41, 5.74) is 2.12. The minimum atomic E-state index is 0.552. The predicted octanol–water partition coefficient (Wildman–Crippen LogP) is 3.31. The van der Waals surface area contributed by atoms with E-state index in [1.165, 1.54) is 0 Å². The fraction of sp³-hybridized carbons (Fsp3) is 0.444. The molecule has 0 amide bonds. The van der Waals surface area contributed by atoms with E-state index >= 15 is 0 Å². The van der Waals surface area contributed by atoms with Crippen LogP contribution in [0, 0.1) is 0 Å². The van der Waals surface area contributed by atoms with E-state index in [-0.39, 0.29) is 0 Å². The lowest BCUT2D eigenvalue weighted by Gasteiger charge is -2.13. The molecule has 1 aromatic heterocycles. The zero-order chi connectivity index (χ0) is 18.1. The van der Waals surface area contributed by atoms with Crippen molar-refractivity contribution in [2.45, 2.75) is 33.2 Å². The molecule has 0 spiro atoms. The van der Waals surface area contributed by atoms with Gasteiger partial charge in [-0.15, -0.1) is 0 Å². The van der Waals surface area contributed by atoms with Gasteiger partial charge in [0.25, 0.3) is 0 Å². The Morgan fingerprint density at radius 3 is 2.60 bits per heavy atom. The Hall–Kier alpha value is -2.02. The molecule has 7 heteroatoms. The number of hydrogen-bond acceptors (Lipinski definition) is 4. The molecule has 6 nitrogen and oxygen atoms in total. The van der Waals surface area contributed by atoms with Crippen LogP contribution in [0.1, 0.15) is 30.9 Å². The van der Waals surface area contributed by atoms with Crippen LogP contribution in [0.15, 0.2) is 38.3 Å². The Balaban J connectivity index is 1.77. The van der Waals surface area contributed by atoms with E-state index in [1.54, 1.807) is 7.05 Å². The van der Waals surface area contributed by atoms with E-state index in [9.17, 15) is 0 Å². The summed E-state index contributed by atoms with van der Waals surface area (Å²) < 4.78 is 12.1. The average molecular weight is 409 g/mol. The highest BCUT2D eigenvalue weighted by Gasteiger charge is 2.13. The fourth-order valence-corrected chi connectivity index (χ4v) is 2.66. The van der Waals surface area contributed by atoms with Crippen LogP contribution in [-0.2, 0) is 19.4 Å². The highest BCUT2D eigenvalue weighted by atomic mass is 79.9. The number of aryl methyl sites for hydroxylation is 2. The molecule has 2 aromatic rings. The van der Waals surface area contributed by atoms with Crippen LogP contribution in [0.3, 0.4) is 0 Å². The summed E-state index contributed by atoms with van der Waals surface area (Å²) in [6.07, 6.45) is 1.69. The third kappa shape index (κ3) is 5.77. The summed E-state index contributed by atoms with van der Waals surface area (Å²) in [5.74, 6) is 2.50. The van der Waals surface area contributed by atoms with E-state index in [2.05, 4.69) is 50.6 Å². The third-order valence-electron chi connectivity index (χ3n) is 3.74. The van der Waals surface area contributed by atoms with Gasteiger partial charge in [-0.25, -0.2) is 0 Å². The standard InChI is InChI=1S/C18H25BrN4O2/c1-4-16-15(17(5-2)25-23-16)12-22-18(20-3)21-10-11-24-14-8-6-13(19)7-9-14/h6-9H,4-5,10-12H2,1-3H3,(H2,20,21,22). The maximum absolute atomic E-state index is 5.69. The van der Waals surface area contributed by atoms with Crippen LogP contribution < -0.4 is 15.4 Å². The lowest BCUT2D eigenvalue weighted by molar-refractivity contribution is 0.322. The molecule has 1 aromatic carbocycles. The number of nitrogens with one attached hydrogen (secondary N) is 2. The Morgan fingerprint density at radius 1 is 1.20 bits per heavy atom. The van der Waals surface area contributed by atoms with E-state index in [4.69, 9.17) is 9.26 Å². The molecule has 0 saturated carbocycles. The van der Waals surface area contributed by atoms with Crippen molar-refractivity contribution in [1.29, 1.82) is 0 Å². The molecule has 0 fully saturated rings. The molecular formula is C18H25BrN4O2. The summed E-state index contributed by atoms with van der Waals surface area (Å²) in [7, 11) is 1.75. The number of halogens is 1. The van der Waals surface area contributed by atoms with E-state index in [0.29, 0.717) is 19.7 Å². The van der Waals surface area contributed by atoms with Crippen LogP contribution in [0.4, 0.5) is 0 Å². The Labute approximate surface area is 157 Å². The molecule has 0 saturated heterocycles. The molecule has 136 valence electrons. The molecule has 2 N–H and O–H groups in total. The topological polar surface area (TPSA) is 71.7 Å². The Kier molecular flexibility index (Phi) is 7.78. The van der Waals surface area contributed by atoms with Gasteiger partial charge in [-0.2, -0.15) is 0 Å². The van der Waals surface area contributed by atoms with E-state index in [1.807, 2.05) is 24.3 Å². The third-order valence-corrected chi connectivity index (χ3v) is 4.27. The Bertz CT molecular complexity index is 661. The van der Waals surface area contributed by atoms with Crippen LogP contribution in [0.2, 0.25) is 0 Å². The van der Waals surface area contributed by atoms with Crippen molar-refractivity contribution in [2.24, 2.45) is 4.99 Å². The van der Waals surface area contributed by atoms with Gasteiger partial charge in [-0.1, -0.05) is 34.9 Å². The number of ether oxygens (including phenoxy) is 1. The van der Waals surface area contributed by atoms with Gasteiger partial charge in [0.15, 0.2) is 5.96 Å². The van der Waals surface area contributed by atoms with Gasteiger partial charge in [-0.3, -0.25) is 4.99 Å². The maximum Gasteiger partial charge on any atom is 0.191 e. The number of rotatable bonds is 8. The van der Waals surface area contributed by atoms with E-state index in [0.717, 1.165) is 46.0 Å². The maximum atomic E-state index is 5.69. The smallest absolute Gasteiger partial charge is 0.191 e. The van der Waals surface area contributed by atoms with Gasteiger partial charge in [0.1, 0.15) is 18.1 Å². The van der Waals surface area contributed by atoms with Crippen LogP contribution in [0.5, 0.6) is 5.75 Å². The lowest BCUT2D eigenvalue weighted by Crippen LogP contribution is -2.39. The number of aliphatic imine (C=N–C) groups is 1. The molecular weight excluding hydrogens is 384 g/mol. The average Bonchev–Trinajstić information content (AvgIpc) is 3.04. The number of guanidine groups is 1. The minimum Gasteiger partial charge on any atom is -0.492 e. The second kappa shape index (κ2) is 10.1. The molecule has 0 aliphatic heterocycles. The minimum absolute atomic E-state index is 0.552.